The van der Waals surface area contributed by atoms with E-state index in [1.54, 1.807) is 0 Å². The van der Waals surface area contributed by atoms with Crippen molar-refractivity contribution in [3.8, 4) is 0 Å². The van der Waals surface area contributed by atoms with Crippen LogP contribution in [0.1, 0.15) is 6.92 Å². The number of hydrogen-bond acceptors (Lipinski definition) is 3. The molecule has 11 heavy (non-hydrogen) atoms. The zero-order chi connectivity index (χ0) is 7.68. The average Bonchev–Trinajstić information content (AvgIpc) is 1.90. The van der Waals surface area contributed by atoms with Gasteiger partial charge in [-0.05, 0) is 6.92 Å². The van der Waals surface area contributed by atoms with E-state index in [1.165, 1.54) is 13.1 Å². The summed E-state index contributed by atoms with van der Waals surface area (Å²) >= 11 is 0. The molecule has 0 spiro atoms. The Kier molecular flexibility index (Phi) is 2.11. The largest absolute Gasteiger partial charge is 0.379 e. The molecule has 0 aromatic rings. The number of morpholine rings is 1. The molecule has 0 bridgehead atoms. The molecule has 2 aliphatic rings. The van der Waals surface area contributed by atoms with Gasteiger partial charge >= 0.3 is 0 Å². The van der Waals surface area contributed by atoms with Crippen LogP contribution in [0.25, 0.3) is 0 Å². The van der Waals surface area contributed by atoms with Crippen molar-refractivity contribution < 1.29 is 4.74 Å². The van der Waals surface area contributed by atoms with Crippen molar-refractivity contribution in [1.82, 2.24) is 10.2 Å². The third kappa shape index (κ3) is 1.41. The summed E-state index contributed by atoms with van der Waals surface area (Å²) in [5, 5.41) is 3.30. The summed E-state index contributed by atoms with van der Waals surface area (Å²) in [7, 11) is 0. The van der Waals surface area contributed by atoms with Crippen molar-refractivity contribution in [3.63, 3.8) is 0 Å². The second-order valence-electron chi connectivity index (χ2n) is 3.47. The van der Waals surface area contributed by atoms with E-state index in [0.717, 1.165) is 25.8 Å². The lowest BCUT2D eigenvalue weighted by Crippen LogP contribution is -2.62. The Bertz CT molecular complexity index is 134. The van der Waals surface area contributed by atoms with E-state index >= 15 is 0 Å². The second-order valence-corrected chi connectivity index (χ2v) is 3.47. The first-order valence-corrected chi connectivity index (χ1v) is 4.42. The maximum absolute atomic E-state index is 5.37. The van der Waals surface area contributed by atoms with Crippen LogP contribution in [0.2, 0.25) is 0 Å². The molecule has 2 rings (SSSR count). The van der Waals surface area contributed by atoms with Crippen molar-refractivity contribution in [2.75, 3.05) is 32.8 Å². The van der Waals surface area contributed by atoms with Gasteiger partial charge in [-0.1, -0.05) is 0 Å². The number of ether oxygens (including phenoxy) is 1. The van der Waals surface area contributed by atoms with Gasteiger partial charge in [0.15, 0.2) is 0 Å². The fourth-order valence-electron chi connectivity index (χ4n) is 1.79. The Labute approximate surface area is 67.7 Å². The molecule has 2 heterocycles. The van der Waals surface area contributed by atoms with Gasteiger partial charge in [0.05, 0.1) is 13.2 Å². The maximum atomic E-state index is 5.37. The van der Waals surface area contributed by atoms with Crippen molar-refractivity contribution in [2.24, 2.45) is 0 Å². The van der Waals surface area contributed by atoms with Gasteiger partial charge in [-0.25, -0.2) is 0 Å². The fourth-order valence-corrected chi connectivity index (χ4v) is 1.79. The van der Waals surface area contributed by atoms with Gasteiger partial charge in [0.25, 0.3) is 0 Å². The van der Waals surface area contributed by atoms with Gasteiger partial charge in [-0.3, -0.25) is 4.90 Å². The molecule has 64 valence electrons. The summed E-state index contributed by atoms with van der Waals surface area (Å²) in [6.45, 7) is 7.54. The molecule has 2 aliphatic heterocycles. The lowest BCUT2D eigenvalue weighted by molar-refractivity contribution is -0.0324. The maximum Gasteiger partial charge on any atom is 0.0619 e. The Morgan fingerprint density at radius 3 is 2.82 bits per heavy atom. The fraction of sp³-hybridized carbons (Fsp3) is 1.00. The molecular formula is C8H16N2O. The molecule has 1 N–H and O–H groups in total. The van der Waals surface area contributed by atoms with Crippen molar-refractivity contribution in [3.05, 3.63) is 0 Å². The molecule has 3 heteroatoms. The van der Waals surface area contributed by atoms with Crippen LogP contribution in [0.15, 0.2) is 0 Å². The summed E-state index contributed by atoms with van der Waals surface area (Å²) in [5.41, 5.74) is 0. The molecule has 1 unspecified atom stereocenters. The van der Waals surface area contributed by atoms with Gasteiger partial charge in [0, 0.05) is 31.7 Å². The summed E-state index contributed by atoms with van der Waals surface area (Å²) < 4.78 is 5.37. The monoisotopic (exact) mass is 156 g/mol. The van der Waals surface area contributed by atoms with Crippen molar-refractivity contribution >= 4 is 0 Å². The smallest absolute Gasteiger partial charge is 0.0619 e. The zero-order valence-electron chi connectivity index (χ0n) is 7.05. The molecule has 0 saturated carbocycles. The van der Waals surface area contributed by atoms with Gasteiger partial charge in [-0.2, -0.15) is 0 Å². The predicted octanol–water partition coefficient (Wildman–Crippen LogP) is -0.321. The summed E-state index contributed by atoms with van der Waals surface area (Å²) in [6.07, 6.45) is 0. The van der Waals surface area contributed by atoms with E-state index in [9.17, 15) is 0 Å². The van der Waals surface area contributed by atoms with E-state index in [1.807, 2.05) is 0 Å². The number of nitrogens with zero attached hydrogens (tertiary/aromatic N) is 1. The lowest BCUT2D eigenvalue weighted by atomic mass is 10.1. The topological polar surface area (TPSA) is 24.5 Å². The Hall–Kier alpha value is -0.120. The van der Waals surface area contributed by atoms with E-state index in [0.29, 0.717) is 6.04 Å². The van der Waals surface area contributed by atoms with Gasteiger partial charge in [-0.15, -0.1) is 0 Å². The first kappa shape index (κ1) is 7.53. The standard InChI is InChI=1S/C8H16N2O/c1-7-6-11-3-2-10(7)8-4-9-5-8/h7-9H,2-6H2,1H3. The molecule has 0 amide bonds. The van der Waals surface area contributed by atoms with Gasteiger partial charge < -0.3 is 10.1 Å². The van der Waals surface area contributed by atoms with Crippen LogP contribution >= 0.6 is 0 Å². The summed E-state index contributed by atoms with van der Waals surface area (Å²) in [6, 6.07) is 1.41. The van der Waals surface area contributed by atoms with Crippen LogP contribution in [0, 0.1) is 0 Å². The normalized spacial score (nSPS) is 35.2. The molecule has 3 nitrogen and oxygen atoms in total. The molecule has 0 radical (unpaired) electrons. The SMILES string of the molecule is CC1COCCN1C1CNC1. The molecular weight excluding hydrogens is 140 g/mol. The highest BCUT2D eigenvalue weighted by Gasteiger charge is 2.29. The Morgan fingerprint density at radius 2 is 2.27 bits per heavy atom. The van der Waals surface area contributed by atoms with E-state index < -0.39 is 0 Å². The average molecular weight is 156 g/mol. The highest BCUT2D eigenvalue weighted by Crippen LogP contribution is 2.13. The highest BCUT2D eigenvalue weighted by atomic mass is 16.5. The first-order valence-electron chi connectivity index (χ1n) is 4.42. The van der Waals surface area contributed by atoms with Crippen LogP contribution in [0.4, 0.5) is 0 Å². The minimum absolute atomic E-state index is 0.621. The number of nitrogens with one attached hydrogen (secondary N) is 1. The van der Waals surface area contributed by atoms with Crippen LogP contribution in [0.3, 0.4) is 0 Å². The third-order valence-electron chi connectivity index (χ3n) is 2.65. The molecule has 0 aromatic heterocycles. The Balaban J connectivity index is 1.88. The first-order chi connectivity index (χ1) is 5.38. The third-order valence-corrected chi connectivity index (χ3v) is 2.65. The van der Waals surface area contributed by atoms with Crippen LogP contribution < -0.4 is 5.32 Å². The quantitative estimate of drug-likeness (QED) is 0.563. The van der Waals surface area contributed by atoms with Crippen LogP contribution in [0.5, 0.6) is 0 Å². The Morgan fingerprint density at radius 1 is 1.45 bits per heavy atom. The molecule has 1 atom stereocenters. The lowest BCUT2D eigenvalue weighted by Gasteiger charge is -2.43. The van der Waals surface area contributed by atoms with Crippen LogP contribution in [-0.4, -0.2) is 49.8 Å². The van der Waals surface area contributed by atoms with E-state index in [2.05, 4.69) is 17.1 Å². The number of rotatable bonds is 1. The molecule has 2 fully saturated rings. The van der Waals surface area contributed by atoms with E-state index in [-0.39, 0.29) is 0 Å². The number of hydrogen-bond donors (Lipinski definition) is 1. The molecule has 0 aromatic carbocycles. The highest BCUT2D eigenvalue weighted by molar-refractivity contribution is 4.88. The zero-order valence-corrected chi connectivity index (χ0v) is 7.05. The minimum atomic E-state index is 0.621. The van der Waals surface area contributed by atoms with E-state index in [4.69, 9.17) is 4.74 Å². The van der Waals surface area contributed by atoms with Gasteiger partial charge in [0.2, 0.25) is 0 Å². The van der Waals surface area contributed by atoms with Crippen molar-refractivity contribution in [1.29, 1.82) is 0 Å². The summed E-state index contributed by atoms with van der Waals surface area (Å²) in [5.74, 6) is 0. The predicted molar refractivity (Wildman–Crippen MR) is 43.6 cm³/mol. The molecule has 0 aliphatic carbocycles. The minimum Gasteiger partial charge on any atom is -0.379 e. The summed E-state index contributed by atoms with van der Waals surface area (Å²) in [4.78, 5) is 2.56. The van der Waals surface area contributed by atoms with Crippen LogP contribution in [-0.2, 0) is 4.74 Å². The molecule has 2 saturated heterocycles. The van der Waals surface area contributed by atoms with Gasteiger partial charge in [0.1, 0.15) is 0 Å². The van der Waals surface area contributed by atoms with Crippen molar-refractivity contribution in [2.45, 2.75) is 19.0 Å². The second kappa shape index (κ2) is 3.09.